The highest BCUT2D eigenvalue weighted by molar-refractivity contribution is 7.15. The highest BCUT2D eigenvalue weighted by atomic mass is 32.1. The Morgan fingerprint density at radius 3 is 2.61 bits per heavy atom. The molecule has 0 bridgehead atoms. The van der Waals surface area contributed by atoms with E-state index in [-0.39, 0.29) is 5.91 Å². The molecule has 3 rings (SSSR count). The molecule has 0 saturated heterocycles. The Balaban J connectivity index is 1.55. The number of ether oxygens (including phenoxy) is 3. The smallest absolute Gasteiger partial charge is 0.282 e. The first kappa shape index (κ1) is 19.7. The van der Waals surface area contributed by atoms with E-state index < -0.39 is 0 Å². The molecular weight excluding hydrogens is 376 g/mol. The molecule has 28 heavy (non-hydrogen) atoms. The first-order chi connectivity index (χ1) is 13.6. The van der Waals surface area contributed by atoms with Gasteiger partial charge in [-0.25, -0.2) is 4.98 Å². The predicted molar refractivity (Wildman–Crippen MR) is 109 cm³/mol. The minimum Gasteiger partial charge on any atom is -0.494 e. The monoisotopic (exact) mass is 398 g/mol. The zero-order valence-electron chi connectivity index (χ0n) is 15.8. The lowest BCUT2D eigenvalue weighted by Crippen LogP contribution is -2.22. The fraction of sp³-hybridized carbons (Fsp3) is 0.238. The van der Waals surface area contributed by atoms with Crippen LogP contribution >= 0.6 is 11.3 Å². The van der Waals surface area contributed by atoms with Gasteiger partial charge < -0.3 is 19.5 Å². The Kier molecular flexibility index (Phi) is 6.86. The normalized spacial score (nSPS) is 10.4. The van der Waals surface area contributed by atoms with Crippen molar-refractivity contribution in [3.63, 3.8) is 0 Å². The zero-order chi connectivity index (χ0) is 19.8. The summed E-state index contributed by atoms with van der Waals surface area (Å²) in [4.78, 5) is 15.2. The summed E-state index contributed by atoms with van der Waals surface area (Å²) in [5.41, 5.74) is 1.13. The van der Waals surface area contributed by atoms with Crippen LogP contribution in [0.3, 0.4) is 0 Å². The quantitative estimate of drug-likeness (QED) is 0.560. The molecule has 0 unspecified atom stereocenters. The molecular formula is C21H22N2O4S. The van der Waals surface area contributed by atoms with E-state index in [1.807, 2.05) is 55.5 Å². The van der Waals surface area contributed by atoms with Gasteiger partial charge in [-0.1, -0.05) is 18.2 Å². The molecule has 0 aliphatic rings. The van der Waals surface area contributed by atoms with Crippen molar-refractivity contribution >= 4 is 17.2 Å². The van der Waals surface area contributed by atoms with E-state index in [4.69, 9.17) is 14.2 Å². The van der Waals surface area contributed by atoms with Gasteiger partial charge in [-0.3, -0.25) is 4.79 Å². The summed E-state index contributed by atoms with van der Waals surface area (Å²) in [5, 5.41) is 3.92. The second-order valence-corrected chi connectivity index (χ2v) is 6.89. The van der Waals surface area contributed by atoms with Crippen LogP contribution < -0.4 is 19.5 Å². The van der Waals surface area contributed by atoms with Gasteiger partial charge in [0.2, 0.25) is 11.0 Å². The minimum atomic E-state index is -0.0206. The van der Waals surface area contributed by atoms with Gasteiger partial charge in [0.1, 0.15) is 17.2 Å². The van der Waals surface area contributed by atoms with E-state index in [0.29, 0.717) is 29.2 Å². The summed E-state index contributed by atoms with van der Waals surface area (Å²) in [5.74, 6) is 2.12. The molecule has 0 aliphatic carbocycles. The first-order valence-electron chi connectivity index (χ1n) is 9.00. The third-order valence-corrected chi connectivity index (χ3v) is 4.47. The van der Waals surface area contributed by atoms with Gasteiger partial charge in [-0.15, -0.1) is 0 Å². The molecule has 0 aliphatic heterocycles. The van der Waals surface area contributed by atoms with Crippen molar-refractivity contribution in [2.75, 3.05) is 13.2 Å². The molecule has 146 valence electrons. The molecule has 0 spiro atoms. The lowest BCUT2D eigenvalue weighted by molar-refractivity contribution is -0.118. The molecule has 0 saturated carbocycles. The summed E-state index contributed by atoms with van der Waals surface area (Å²) in [6.07, 6.45) is 2.41. The zero-order valence-corrected chi connectivity index (χ0v) is 16.6. The average Bonchev–Trinajstić information content (AvgIpc) is 3.10. The van der Waals surface area contributed by atoms with Crippen LogP contribution in [-0.4, -0.2) is 24.0 Å². The number of benzene rings is 2. The van der Waals surface area contributed by atoms with Crippen LogP contribution in [0.1, 0.15) is 19.4 Å². The number of hydrogen-bond donors (Lipinski definition) is 1. The van der Waals surface area contributed by atoms with Gasteiger partial charge in [0.05, 0.1) is 12.8 Å². The fourth-order valence-corrected chi connectivity index (χ4v) is 3.12. The van der Waals surface area contributed by atoms with Crippen LogP contribution in [-0.2, 0) is 11.2 Å². The lowest BCUT2D eigenvalue weighted by Gasteiger charge is -2.06. The van der Waals surface area contributed by atoms with Crippen LogP contribution in [0.25, 0.3) is 0 Å². The van der Waals surface area contributed by atoms with Crippen LogP contribution in [0.5, 0.6) is 27.5 Å². The molecule has 0 fully saturated rings. The molecule has 1 N–H and O–H groups in total. The Bertz CT molecular complexity index is 909. The number of thiazole rings is 1. The number of rotatable bonds is 9. The molecule has 1 heterocycles. The Labute approximate surface area is 168 Å². The topological polar surface area (TPSA) is 69.7 Å². The van der Waals surface area contributed by atoms with Gasteiger partial charge in [0.15, 0.2) is 0 Å². The lowest BCUT2D eigenvalue weighted by atomic mass is 10.1. The summed E-state index contributed by atoms with van der Waals surface area (Å²) in [6.45, 7) is 4.67. The molecule has 3 aromatic rings. The number of carbonyl (C=O) groups is 1. The molecule has 0 radical (unpaired) electrons. The van der Waals surface area contributed by atoms with E-state index >= 15 is 0 Å². The molecule has 2 aromatic carbocycles. The maximum Gasteiger partial charge on any atom is 0.282 e. The third-order valence-electron chi connectivity index (χ3n) is 3.71. The van der Waals surface area contributed by atoms with Gasteiger partial charge >= 0.3 is 0 Å². The Morgan fingerprint density at radius 1 is 1.07 bits per heavy atom. The number of amides is 1. The van der Waals surface area contributed by atoms with Crippen molar-refractivity contribution < 1.29 is 19.0 Å². The van der Waals surface area contributed by atoms with Crippen LogP contribution in [0.15, 0.2) is 54.7 Å². The van der Waals surface area contributed by atoms with Crippen molar-refractivity contribution in [1.82, 2.24) is 10.3 Å². The summed E-state index contributed by atoms with van der Waals surface area (Å²) < 4.78 is 17.1. The highest BCUT2D eigenvalue weighted by Crippen LogP contribution is 2.35. The predicted octanol–water partition coefficient (Wildman–Crippen LogP) is 4.81. The second-order valence-electron chi connectivity index (χ2n) is 5.93. The van der Waals surface area contributed by atoms with Crippen molar-refractivity contribution in [1.29, 1.82) is 0 Å². The first-order valence-corrected chi connectivity index (χ1v) is 9.82. The maximum absolute atomic E-state index is 10.9. The van der Waals surface area contributed by atoms with Crippen molar-refractivity contribution in [3.05, 3.63) is 60.3 Å². The van der Waals surface area contributed by atoms with E-state index in [0.717, 1.165) is 23.5 Å². The number of nitrogens with zero attached hydrogens (tertiary/aromatic N) is 1. The molecule has 1 aromatic heterocycles. The third kappa shape index (κ3) is 5.99. The molecule has 6 nitrogen and oxygen atoms in total. The van der Waals surface area contributed by atoms with E-state index in [2.05, 4.69) is 10.3 Å². The number of carbonyl (C=O) groups excluding carboxylic acids is 1. The summed E-state index contributed by atoms with van der Waals surface area (Å²) in [6, 6.07) is 15.2. The largest absolute Gasteiger partial charge is 0.494 e. The van der Waals surface area contributed by atoms with E-state index in [9.17, 15) is 4.79 Å². The number of aromatic nitrogens is 1. The number of nitrogens with one attached hydrogen (secondary N) is 1. The van der Waals surface area contributed by atoms with Crippen molar-refractivity contribution in [2.45, 2.75) is 20.3 Å². The van der Waals surface area contributed by atoms with E-state index in [1.165, 1.54) is 18.3 Å². The van der Waals surface area contributed by atoms with Gasteiger partial charge in [0.25, 0.3) is 5.19 Å². The average molecular weight is 398 g/mol. The van der Waals surface area contributed by atoms with Gasteiger partial charge in [-0.2, -0.15) is 0 Å². The van der Waals surface area contributed by atoms with E-state index in [1.54, 1.807) is 6.20 Å². The van der Waals surface area contributed by atoms with Gasteiger partial charge in [-0.05, 0) is 54.5 Å². The minimum absolute atomic E-state index is 0.0206. The second kappa shape index (κ2) is 9.75. The molecule has 1 amide bonds. The SMILES string of the molecule is CCOc1cccc(Oc2ncc(Oc3ccc(CCNC(C)=O)cc3)s2)c1. The maximum atomic E-state index is 10.9. The number of hydrogen-bond acceptors (Lipinski definition) is 6. The summed E-state index contributed by atoms with van der Waals surface area (Å²) >= 11 is 1.32. The van der Waals surface area contributed by atoms with Crippen LogP contribution in [0.2, 0.25) is 0 Å². The van der Waals surface area contributed by atoms with Crippen LogP contribution in [0, 0.1) is 0 Å². The van der Waals surface area contributed by atoms with Crippen molar-refractivity contribution in [3.8, 4) is 27.5 Å². The highest BCUT2D eigenvalue weighted by Gasteiger charge is 2.08. The molecule has 7 heteroatoms. The van der Waals surface area contributed by atoms with Gasteiger partial charge in [0, 0.05) is 19.5 Å². The molecule has 0 atom stereocenters. The Hall–Kier alpha value is -3.06. The fourth-order valence-electron chi connectivity index (χ4n) is 2.46. The van der Waals surface area contributed by atoms with Crippen LogP contribution in [0.4, 0.5) is 0 Å². The summed E-state index contributed by atoms with van der Waals surface area (Å²) in [7, 11) is 0. The van der Waals surface area contributed by atoms with Crippen molar-refractivity contribution in [2.24, 2.45) is 0 Å². The Morgan fingerprint density at radius 2 is 1.86 bits per heavy atom. The standard InChI is InChI=1S/C21H22N2O4S/c1-3-25-18-5-4-6-19(13-18)27-21-23-14-20(28-21)26-17-9-7-16(8-10-17)11-12-22-15(2)24/h4-10,13-14H,3,11-12H2,1-2H3,(H,22,24).